The molecule has 0 aromatic heterocycles. The van der Waals surface area contributed by atoms with Gasteiger partial charge in [0.2, 0.25) is 0 Å². The van der Waals surface area contributed by atoms with Crippen LogP contribution in [0.3, 0.4) is 0 Å². The molecule has 9 heavy (non-hydrogen) atoms. The SMILES string of the molecule is N[CH]C(=O)C1CCCC1. The van der Waals surface area contributed by atoms with Gasteiger partial charge in [-0.15, -0.1) is 0 Å². The van der Waals surface area contributed by atoms with E-state index in [4.69, 9.17) is 5.73 Å². The lowest BCUT2D eigenvalue weighted by atomic mass is 10.0. The summed E-state index contributed by atoms with van der Waals surface area (Å²) in [5, 5.41) is 0. The quantitative estimate of drug-likeness (QED) is 0.596. The molecule has 1 saturated carbocycles. The third-order valence-electron chi connectivity index (χ3n) is 1.92. The summed E-state index contributed by atoms with van der Waals surface area (Å²) >= 11 is 0. The first-order valence-electron chi connectivity index (χ1n) is 3.43. The van der Waals surface area contributed by atoms with Gasteiger partial charge < -0.3 is 5.73 Å². The molecule has 1 fully saturated rings. The first kappa shape index (κ1) is 6.75. The van der Waals surface area contributed by atoms with Crippen LogP contribution in [0.25, 0.3) is 0 Å². The van der Waals surface area contributed by atoms with Gasteiger partial charge in [-0.2, -0.15) is 0 Å². The fraction of sp³-hybridized carbons (Fsp3) is 0.714. The first-order valence-corrected chi connectivity index (χ1v) is 3.43. The predicted molar refractivity (Wildman–Crippen MR) is 35.5 cm³/mol. The van der Waals surface area contributed by atoms with E-state index in [1.165, 1.54) is 19.4 Å². The predicted octanol–water partition coefficient (Wildman–Crippen LogP) is 0.866. The Bertz CT molecular complexity index is 105. The van der Waals surface area contributed by atoms with Crippen molar-refractivity contribution in [1.82, 2.24) is 0 Å². The van der Waals surface area contributed by atoms with Gasteiger partial charge in [0.15, 0.2) is 5.78 Å². The number of carbonyl (C=O) groups excluding carboxylic acids is 1. The molecule has 0 atom stereocenters. The monoisotopic (exact) mass is 126 g/mol. The van der Waals surface area contributed by atoms with Gasteiger partial charge in [0.05, 0.1) is 6.54 Å². The van der Waals surface area contributed by atoms with Gasteiger partial charge >= 0.3 is 0 Å². The van der Waals surface area contributed by atoms with E-state index in [2.05, 4.69) is 0 Å². The van der Waals surface area contributed by atoms with Crippen molar-refractivity contribution in [3.8, 4) is 0 Å². The maximum atomic E-state index is 10.8. The highest BCUT2D eigenvalue weighted by Gasteiger charge is 2.20. The van der Waals surface area contributed by atoms with Crippen LogP contribution in [-0.4, -0.2) is 5.78 Å². The second kappa shape index (κ2) is 2.97. The molecule has 2 N–H and O–H groups in total. The van der Waals surface area contributed by atoms with Gasteiger partial charge in [-0.3, -0.25) is 4.79 Å². The van der Waals surface area contributed by atoms with Gasteiger partial charge in [-0.05, 0) is 12.8 Å². The van der Waals surface area contributed by atoms with Crippen molar-refractivity contribution >= 4 is 5.78 Å². The minimum atomic E-state index is 0.132. The van der Waals surface area contributed by atoms with E-state index >= 15 is 0 Å². The zero-order valence-electron chi connectivity index (χ0n) is 5.47. The molecule has 0 amide bonds. The summed E-state index contributed by atoms with van der Waals surface area (Å²) in [6, 6.07) is 0. The molecule has 1 rings (SSSR count). The van der Waals surface area contributed by atoms with Crippen LogP contribution in [0, 0.1) is 12.5 Å². The Labute approximate surface area is 55.4 Å². The van der Waals surface area contributed by atoms with E-state index in [1.54, 1.807) is 0 Å². The zero-order valence-corrected chi connectivity index (χ0v) is 5.47. The van der Waals surface area contributed by atoms with E-state index in [-0.39, 0.29) is 11.7 Å². The molecule has 2 nitrogen and oxygen atoms in total. The average Bonchev–Trinajstić information content (AvgIpc) is 2.37. The number of Topliss-reactive ketones (excluding diaryl/α,β-unsaturated/α-hetero) is 1. The van der Waals surface area contributed by atoms with Crippen LogP contribution in [0.1, 0.15) is 25.7 Å². The first-order chi connectivity index (χ1) is 4.34. The van der Waals surface area contributed by atoms with Crippen molar-refractivity contribution in [2.75, 3.05) is 0 Å². The number of nitrogens with two attached hydrogens (primary N) is 1. The molecule has 1 aliphatic rings. The fourth-order valence-electron chi connectivity index (χ4n) is 1.35. The highest BCUT2D eigenvalue weighted by Crippen LogP contribution is 2.25. The lowest BCUT2D eigenvalue weighted by Gasteiger charge is -2.02. The van der Waals surface area contributed by atoms with Crippen LogP contribution >= 0.6 is 0 Å². The van der Waals surface area contributed by atoms with E-state index in [0.29, 0.717) is 0 Å². The number of ketones is 1. The van der Waals surface area contributed by atoms with E-state index in [9.17, 15) is 4.79 Å². The van der Waals surface area contributed by atoms with Gasteiger partial charge in [0, 0.05) is 5.92 Å². The summed E-state index contributed by atoms with van der Waals surface area (Å²) in [5.41, 5.74) is 5.08. The normalized spacial score (nSPS) is 20.6. The van der Waals surface area contributed by atoms with Crippen LogP contribution < -0.4 is 5.73 Å². The largest absolute Gasteiger partial charge is 0.320 e. The Morgan fingerprint density at radius 2 is 2.00 bits per heavy atom. The summed E-state index contributed by atoms with van der Waals surface area (Å²) in [4.78, 5) is 10.8. The topological polar surface area (TPSA) is 43.1 Å². The van der Waals surface area contributed by atoms with Crippen LogP contribution in [0.4, 0.5) is 0 Å². The molecule has 51 valence electrons. The van der Waals surface area contributed by atoms with E-state index < -0.39 is 0 Å². The van der Waals surface area contributed by atoms with Gasteiger partial charge in [-0.25, -0.2) is 0 Å². The molecule has 0 aromatic carbocycles. The second-order valence-corrected chi connectivity index (χ2v) is 2.55. The summed E-state index contributed by atoms with van der Waals surface area (Å²) < 4.78 is 0. The molecule has 0 heterocycles. The van der Waals surface area contributed by atoms with E-state index in [0.717, 1.165) is 12.8 Å². The standard InChI is InChI=1S/C7H12NO/c8-5-7(9)6-3-1-2-4-6/h5-6H,1-4,8H2. The molecular formula is C7H12NO. The Kier molecular flexibility index (Phi) is 2.22. The molecule has 1 radical (unpaired) electrons. The van der Waals surface area contributed by atoms with Crippen molar-refractivity contribution in [3.63, 3.8) is 0 Å². The third kappa shape index (κ3) is 1.52. The lowest BCUT2D eigenvalue weighted by Crippen LogP contribution is -2.15. The molecule has 2 heteroatoms. The van der Waals surface area contributed by atoms with Crippen LogP contribution in [0.5, 0.6) is 0 Å². The van der Waals surface area contributed by atoms with Gasteiger partial charge in [-0.1, -0.05) is 12.8 Å². The Hall–Kier alpha value is -0.370. The van der Waals surface area contributed by atoms with Gasteiger partial charge in [0.25, 0.3) is 0 Å². The average molecular weight is 126 g/mol. The lowest BCUT2D eigenvalue weighted by molar-refractivity contribution is -0.119. The molecule has 0 saturated heterocycles. The minimum Gasteiger partial charge on any atom is -0.320 e. The van der Waals surface area contributed by atoms with Crippen molar-refractivity contribution in [2.45, 2.75) is 25.7 Å². The van der Waals surface area contributed by atoms with Crippen LogP contribution in [-0.2, 0) is 4.79 Å². The molecule has 0 unspecified atom stereocenters. The number of rotatable bonds is 2. The van der Waals surface area contributed by atoms with Gasteiger partial charge in [0.1, 0.15) is 0 Å². The zero-order chi connectivity index (χ0) is 6.69. The molecule has 1 aliphatic carbocycles. The smallest absolute Gasteiger partial charge is 0.154 e. The number of carbonyl (C=O) groups is 1. The van der Waals surface area contributed by atoms with E-state index in [1.807, 2.05) is 0 Å². The molecule has 0 aliphatic heterocycles. The minimum absolute atomic E-state index is 0.132. The maximum absolute atomic E-state index is 10.8. The van der Waals surface area contributed by atoms with Crippen molar-refractivity contribution < 1.29 is 4.79 Å². The summed E-state index contributed by atoms with van der Waals surface area (Å²) in [5.74, 6) is 0.391. The molecule has 0 bridgehead atoms. The molecule has 0 aromatic rings. The summed E-state index contributed by atoms with van der Waals surface area (Å²) in [6.07, 6.45) is 4.49. The third-order valence-corrected chi connectivity index (χ3v) is 1.92. The van der Waals surface area contributed by atoms with Crippen molar-refractivity contribution in [3.05, 3.63) is 6.54 Å². The van der Waals surface area contributed by atoms with Crippen molar-refractivity contribution in [2.24, 2.45) is 11.7 Å². The Morgan fingerprint density at radius 3 is 2.44 bits per heavy atom. The van der Waals surface area contributed by atoms with Crippen LogP contribution in [0.2, 0.25) is 0 Å². The highest BCUT2D eigenvalue weighted by atomic mass is 16.1. The van der Waals surface area contributed by atoms with Crippen LogP contribution in [0.15, 0.2) is 0 Å². The second-order valence-electron chi connectivity index (χ2n) is 2.55. The number of hydrogen-bond donors (Lipinski definition) is 1. The Balaban J connectivity index is 2.32. The Morgan fingerprint density at radius 1 is 1.44 bits per heavy atom. The number of hydrogen-bond acceptors (Lipinski definition) is 2. The van der Waals surface area contributed by atoms with Crippen molar-refractivity contribution in [1.29, 1.82) is 0 Å². The molecular weight excluding hydrogens is 114 g/mol. The summed E-state index contributed by atoms with van der Waals surface area (Å²) in [7, 11) is 0. The molecule has 0 spiro atoms. The highest BCUT2D eigenvalue weighted by molar-refractivity contribution is 5.88. The fourth-order valence-corrected chi connectivity index (χ4v) is 1.35. The summed E-state index contributed by atoms with van der Waals surface area (Å²) in [6.45, 7) is 1.20. The maximum Gasteiger partial charge on any atom is 0.154 e.